The van der Waals surface area contributed by atoms with Crippen LogP contribution in [-0.2, 0) is 6.54 Å². The largest absolute Gasteiger partial charge is 0.302 e. The third-order valence-corrected chi connectivity index (χ3v) is 4.90. The van der Waals surface area contributed by atoms with Crippen molar-refractivity contribution >= 4 is 23.4 Å². The number of aromatic nitrogens is 6. The van der Waals surface area contributed by atoms with Crippen molar-refractivity contribution in [2.75, 3.05) is 0 Å². The minimum Gasteiger partial charge on any atom is -0.302 e. The Morgan fingerprint density at radius 3 is 2.71 bits per heavy atom. The summed E-state index contributed by atoms with van der Waals surface area (Å²) in [5.41, 5.74) is 0.991. The molecule has 8 heteroatoms. The van der Waals surface area contributed by atoms with Gasteiger partial charge in [0, 0.05) is 36.5 Å². The molecule has 24 heavy (non-hydrogen) atoms. The molecule has 3 heterocycles. The number of nitrogens with zero attached hydrogens (tertiary/aromatic N) is 6. The Morgan fingerprint density at radius 2 is 2.00 bits per heavy atom. The average Bonchev–Trinajstić information content (AvgIpc) is 3.37. The third-order valence-electron chi connectivity index (χ3n) is 3.80. The minimum atomic E-state index is 0.458. The van der Waals surface area contributed by atoms with Gasteiger partial charge in [0.05, 0.1) is 0 Å². The summed E-state index contributed by atoms with van der Waals surface area (Å²) in [6.45, 7) is 2.84. The molecule has 0 saturated heterocycles. The van der Waals surface area contributed by atoms with Crippen LogP contribution in [0.2, 0.25) is 5.15 Å². The topological polar surface area (TPSA) is 69.4 Å². The van der Waals surface area contributed by atoms with Crippen molar-refractivity contribution in [2.45, 2.75) is 42.4 Å². The molecule has 0 radical (unpaired) electrons. The van der Waals surface area contributed by atoms with Crippen LogP contribution in [0.1, 0.15) is 31.5 Å². The van der Waals surface area contributed by atoms with Crippen LogP contribution in [0.3, 0.4) is 0 Å². The maximum absolute atomic E-state index is 6.15. The van der Waals surface area contributed by atoms with E-state index in [1.807, 2.05) is 12.1 Å². The predicted octanol–water partition coefficient (Wildman–Crippen LogP) is 3.83. The van der Waals surface area contributed by atoms with E-state index in [-0.39, 0.29) is 0 Å². The summed E-state index contributed by atoms with van der Waals surface area (Å²) >= 11 is 7.61. The number of rotatable bonds is 5. The Hall–Kier alpha value is -1.99. The van der Waals surface area contributed by atoms with Gasteiger partial charge in [-0.3, -0.25) is 4.98 Å². The summed E-state index contributed by atoms with van der Waals surface area (Å²) in [4.78, 5) is 13.0. The van der Waals surface area contributed by atoms with E-state index in [0.29, 0.717) is 11.1 Å². The van der Waals surface area contributed by atoms with Crippen molar-refractivity contribution in [3.8, 4) is 11.4 Å². The third kappa shape index (κ3) is 3.14. The van der Waals surface area contributed by atoms with Gasteiger partial charge in [-0.05, 0) is 43.7 Å². The second-order valence-electron chi connectivity index (χ2n) is 5.55. The molecule has 0 aromatic carbocycles. The van der Waals surface area contributed by atoms with E-state index in [9.17, 15) is 0 Å². The lowest BCUT2D eigenvalue weighted by atomic mass is 10.2. The summed E-state index contributed by atoms with van der Waals surface area (Å²) in [6, 6.07) is 5.63. The van der Waals surface area contributed by atoms with Crippen LogP contribution in [-0.4, -0.2) is 29.7 Å². The van der Waals surface area contributed by atoms with Crippen molar-refractivity contribution in [2.24, 2.45) is 0 Å². The zero-order chi connectivity index (χ0) is 16.5. The van der Waals surface area contributed by atoms with E-state index in [2.05, 4.69) is 36.6 Å². The van der Waals surface area contributed by atoms with Gasteiger partial charge in [0.15, 0.2) is 11.0 Å². The van der Waals surface area contributed by atoms with Crippen LogP contribution in [0.4, 0.5) is 0 Å². The molecule has 1 fully saturated rings. The van der Waals surface area contributed by atoms with Crippen molar-refractivity contribution in [1.29, 1.82) is 0 Å². The van der Waals surface area contributed by atoms with Crippen molar-refractivity contribution < 1.29 is 0 Å². The first-order valence-electron chi connectivity index (χ1n) is 7.80. The van der Waals surface area contributed by atoms with Crippen LogP contribution in [0, 0.1) is 0 Å². The molecular formula is C16H15ClN6S. The highest BCUT2D eigenvalue weighted by atomic mass is 35.5. The standard InChI is InChI=1S/C16H15ClN6S/c1-2-23-15(11-5-7-18-8-6-11)21-22-16(23)24-13-9-12(17)19-14(20-13)10-3-4-10/h5-10H,2-4H2,1H3. The fraction of sp³-hybridized carbons (Fsp3) is 0.312. The highest BCUT2D eigenvalue weighted by Crippen LogP contribution is 2.39. The Balaban J connectivity index is 1.67. The van der Waals surface area contributed by atoms with E-state index in [0.717, 1.165) is 46.8 Å². The Labute approximate surface area is 148 Å². The van der Waals surface area contributed by atoms with Gasteiger partial charge in [-0.25, -0.2) is 9.97 Å². The number of pyridine rings is 1. The Bertz CT molecular complexity index is 862. The molecule has 1 saturated carbocycles. The van der Waals surface area contributed by atoms with Crippen molar-refractivity contribution in [1.82, 2.24) is 29.7 Å². The van der Waals surface area contributed by atoms with Gasteiger partial charge >= 0.3 is 0 Å². The molecule has 3 aromatic heterocycles. The maximum atomic E-state index is 6.15. The van der Waals surface area contributed by atoms with Gasteiger partial charge in [0.2, 0.25) is 0 Å². The second-order valence-corrected chi connectivity index (χ2v) is 6.92. The van der Waals surface area contributed by atoms with E-state index in [1.165, 1.54) is 11.8 Å². The van der Waals surface area contributed by atoms with Gasteiger partial charge in [-0.15, -0.1) is 10.2 Å². The number of hydrogen-bond donors (Lipinski definition) is 0. The lowest BCUT2D eigenvalue weighted by Gasteiger charge is -2.07. The summed E-state index contributed by atoms with van der Waals surface area (Å²) in [7, 11) is 0. The quantitative estimate of drug-likeness (QED) is 0.645. The molecule has 122 valence electrons. The average molecular weight is 359 g/mol. The molecule has 1 aliphatic rings. The molecule has 0 aliphatic heterocycles. The molecule has 0 atom stereocenters. The lowest BCUT2D eigenvalue weighted by Crippen LogP contribution is -2.00. The van der Waals surface area contributed by atoms with E-state index < -0.39 is 0 Å². The van der Waals surface area contributed by atoms with Crippen LogP contribution < -0.4 is 0 Å². The van der Waals surface area contributed by atoms with Gasteiger partial charge in [-0.2, -0.15) is 0 Å². The fourth-order valence-corrected chi connectivity index (χ4v) is 3.61. The van der Waals surface area contributed by atoms with Crippen LogP contribution in [0.15, 0.2) is 40.8 Å². The van der Waals surface area contributed by atoms with Gasteiger partial charge in [0.25, 0.3) is 0 Å². The van der Waals surface area contributed by atoms with E-state index in [1.54, 1.807) is 18.5 Å². The minimum absolute atomic E-state index is 0.458. The molecule has 0 amide bonds. The first kappa shape index (κ1) is 15.5. The SMILES string of the molecule is CCn1c(Sc2cc(Cl)nc(C3CC3)n2)nnc1-c1ccncc1. The van der Waals surface area contributed by atoms with Crippen LogP contribution in [0.25, 0.3) is 11.4 Å². The van der Waals surface area contributed by atoms with Gasteiger partial charge in [0.1, 0.15) is 16.0 Å². The lowest BCUT2D eigenvalue weighted by molar-refractivity contribution is 0.686. The predicted molar refractivity (Wildman–Crippen MR) is 92.1 cm³/mol. The summed E-state index contributed by atoms with van der Waals surface area (Å²) < 4.78 is 2.06. The summed E-state index contributed by atoms with van der Waals surface area (Å²) in [5, 5.41) is 10.7. The molecule has 3 aromatic rings. The summed E-state index contributed by atoms with van der Waals surface area (Å²) in [6.07, 6.45) is 5.79. The Morgan fingerprint density at radius 1 is 1.21 bits per heavy atom. The molecule has 4 rings (SSSR count). The fourth-order valence-electron chi connectivity index (χ4n) is 2.45. The van der Waals surface area contributed by atoms with Crippen molar-refractivity contribution in [3.05, 3.63) is 41.6 Å². The van der Waals surface area contributed by atoms with E-state index >= 15 is 0 Å². The smallest absolute Gasteiger partial charge is 0.197 e. The molecule has 1 aliphatic carbocycles. The number of hydrogen-bond acceptors (Lipinski definition) is 6. The first-order chi connectivity index (χ1) is 11.7. The molecule has 0 unspecified atom stereocenters. The normalized spacial score (nSPS) is 14.1. The highest BCUT2D eigenvalue weighted by molar-refractivity contribution is 7.99. The Kier molecular flexibility index (Phi) is 4.20. The van der Waals surface area contributed by atoms with Gasteiger partial charge in [-0.1, -0.05) is 11.6 Å². The van der Waals surface area contributed by atoms with Crippen LogP contribution >= 0.6 is 23.4 Å². The second kappa shape index (κ2) is 6.49. The van der Waals surface area contributed by atoms with Gasteiger partial charge < -0.3 is 4.57 Å². The first-order valence-corrected chi connectivity index (χ1v) is 9.00. The van der Waals surface area contributed by atoms with E-state index in [4.69, 9.17) is 11.6 Å². The highest BCUT2D eigenvalue weighted by Gasteiger charge is 2.27. The zero-order valence-corrected chi connectivity index (χ0v) is 14.6. The summed E-state index contributed by atoms with van der Waals surface area (Å²) in [5.74, 6) is 2.12. The molecular weight excluding hydrogens is 344 g/mol. The monoisotopic (exact) mass is 358 g/mol. The van der Waals surface area contributed by atoms with Crippen molar-refractivity contribution in [3.63, 3.8) is 0 Å². The molecule has 0 spiro atoms. The van der Waals surface area contributed by atoms with Crippen LogP contribution in [0.5, 0.6) is 0 Å². The molecule has 0 bridgehead atoms. The molecule has 6 nitrogen and oxygen atoms in total. The molecule has 0 N–H and O–H groups in total. The maximum Gasteiger partial charge on any atom is 0.197 e. The number of halogens is 1. The zero-order valence-electron chi connectivity index (χ0n) is 13.1.